The number of nitrogens with zero attached hydrogens (tertiary/aromatic N) is 3. The number of imidazole rings is 1. The summed E-state index contributed by atoms with van der Waals surface area (Å²) in [6.45, 7) is 1.42. The van der Waals surface area contributed by atoms with Crippen LogP contribution in [0.4, 0.5) is 0 Å². The molecule has 24 heavy (non-hydrogen) atoms. The van der Waals surface area contributed by atoms with Crippen LogP contribution in [0.1, 0.15) is 34.9 Å². The van der Waals surface area contributed by atoms with Crippen molar-refractivity contribution in [1.29, 1.82) is 0 Å². The molecule has 1 aliphatic heterocycles. The van der Waals surface area contributed by atoms with Gasteiger partial charge in [0.25, 0.3) is 5.91 Å². The quantitative estimate of drug-likeness (QED) is 0.864. The van der Waals surface area contributed by atoms with Crippen molar-refractivity contribution < 1.29 is 14.3 Å². The second kappa shape index (κ2) is 6.95. The summed E-state index contributed by atoms with van der Waals surface area (Å²) in [6.07, 6.45) is 5.77. The van der Waals surface area contributed by atoms with Gasteiger partial charge < -0.3 is 18.9 Å². The fraction of sp³-hybridized carbons (Fsp3) is 0.444. The molecule has 0 spiro atoms. The van der Waals surface area contributed by atoms with Crippen LogP contribution in [0.15, 0.2) is 30.6 Å². The molecule has 1 amide bonds. The molecule has 3 rings (SSSR count). The molecular weight excluding hydrogens is 306 g/mol. The van der Waals surface area contributed by atoms with E-state index in [0.29, 0.717) is 23.6 Å². The molecule has 0 radical (unpaired) electrons. The summed E-state index contributed by atoms with van der Waals surface area (Å²) >= 11 is 0. The van der Waals surface area contributed by atoms with Crippen molar-refractivity contribution >= 4 is 5.91 Å². The predicted octanol–water partition coefficient (Wildman–Crippen LogP) is 2.46. The van der Waals surface area contributed by atoms with Crippen molar-refractivity contribution in [3.8, 4) is 11.5 Å². The minimum Gasteiger partial charge on any atom is -0.493 e. The zero-order valence-electron chi connectivity index (χ0n) is 14.4. The maximum atomic E-state index is 13.0. The molecule has 0 aliphatic carbocycles. The fourth-order valence-corrected chi connectivity index (χ4v) is 3.37. The number of benzene rings is 1. The minimum absolute atomic E-state index is 0.0235. The highest BCUT2D eigenvalue weighted by molar-refractivity contribution is 5.98. The topological polar surface area (TPSA) is 56.6 Å². The highest BCUT2D eigenvalue weighted by atomic mass is 16.5. The van der Waals surface area contributed by atoms with E-state index in [-0.39, 0.29) is 11.8 Å². The summed E-state index contributed by atoms with van der Waals surface area (Å²) in [7, 11) is 5.12. The van der Waals surface area contributed by atoms with Gasteiger partial charge in [-0.3, -0.25) is 4.79 Å². The first kappa shape index (κ1) is 16.4. The SMILES string of the molecule is COc1cccc(C(=O)N2CCCC(c3nccn3C)C2)c1OC. The van der Waals surface area contributed by atoms with Gasteiger partial charge in [-0.1, -0.05) is 6.07 Å². The molecule has 0 bridgehead atoms. The molecule has 0 N–H and O–H groups in total. The maximum Gasteiger partial charge on any atom is 0.257 e. The van der Waals surface area contributed by atoms with Crippen molar-refractivity contribution in [3.05, 3.63) is 42.0 Å². The van der Waals surface area contributed by atoms with Gasteiger partial charge in [0.15, 0.2) is 11.5 Å². The average molecular weight is 329 g/mol. The van der Waals surface area contributed by atoms with Gasteiger partial charge in [-0.15, -0.1) is 0 Å². The first-order valence-corrected chi connectivity index (χ1v) is 8.13. The molecule has 1 unspecified atom stereocenters. The van der Waals surface area contributed by atoms with E-state index in [4.69, 9.17) is 9.47 Å². The molecular formula is C18H23N3O3. The molecule has 6 heteroatoms. The van der Waals surface area contributed by atoms with Crippen molar-refractivity contribution in [3.63, 3.8) is 0 Å². The van der Waals surface area contributed by atoms with Gasteiger partial charge in [-0.05, 0) is 25.0 Å². The fourth-order valence-electron chi connectivity index (χ4n) is 3.37. The second-order valence-corrected chi connectivity index (χ2v) is 6.03. The van der Waals surface area contributed by atoms with Crippen LogP contribution in [-0.4, -0.2) is 47.7 Å². The number of carbonyl (C=O) groups is 1. The Morgan fingerprint density at radius 1 is 1.29 bits per heavy atom. The molecule has 1 saturated heterocycles. The van der Waals surface area contributed by atoms with Crippen LogP contribution in [0.5, 0.6) is 11.5 Å². The van der Waals surface area contributed by atoms with Gasteiger partial charge in [-0.25, -0.2) is 4.98 Å². The van der Waals surface area contributed by atoms with Crippen LogP contribution in [0.25, 0.3) is 0 Å². The van der Waals surface area contributed by atoms with Gasteiger partial charge in [0, 0.05) is 38.4 Å². The first-order chi connectivity index (χ1) is 11.7. The zero-order chi connectivity index (χ0) is 17.1. The van der Waals surface area contributed by atoms with Gasteiger partial charge in [0.2, 0.25) is 0 Å². The Morgan fingerprint density at radius 2 is 2.12 bits per heavy atom. The number of likely N-dealkylation sites (tertiary alicyclic amines) is 1. The molecule has 128 valence electrons. The summed E-state index contributed by atoms with van der Waals surface area (Å²) in [5, 5.41) is 0. The summed E-state index contributed by atoms with van der Waals surface area (Å²) in [5.74, 6) is 2.33. The van der Waals surface area contributed by atoms with Crippen LogP contribution in [0.2, 0.25) is 0 Å². The van der Waals surface area contributed by atoms with E-state index in [2.05, 4.69) is 4.98 Å². The van der Waals surface area contributed by atoms with Crippen molar-refractivity contribution in [2.45, 2.75) is 18.8 Å². The molecule has 2 heterocycles. The number of aromatic nitrogens is 2. The number of amides is 1. The van der Waals surface area contributed by atoms with E-state index in [9.17, 15) is 4.79 Å². The van der Waals surface area contributed by atoms with Gasteiger partial charge >= 0.3 is 0 Å². The largest absolute Gasteiger partial charge is 0.493 e. The molecule has 1 aromatic heterocycles. The number of carbonyl (C=O) groups excluding carboxylic acids is 1. The van der Waals surface area contributed by atoms with Crippen LogP contribution in [0, 0.1) is 0 Å². The number of rotatable bonds is 4. The highest BCUT2D eigenvalue weighted by Gasteiger charge is 2.29. The molecule has 1 aromatic carbocycles. The molecule has 6 nitrogen and oxygen atoms in total. The van der Waals surface area contributed by atoms with E-state index >= 15 is 0 Å². The van der Waals surface area contributed by atoms with E-state index in [0.717, 1.165) is 25.2 Å². The number of aryl methyl sites for hydroxylation is 1. The third-order valence-electron chi connectivity index (χ3n) is 4.57. The third-order valence-corrected chi connectivity index (χ3v) is 4.57. The number of ether oxygens (including phenoxy) is 2. The highest BCUT2D eigenvalue weighted by Crippen LogP contribution is 2.33. The molecule has 2 aromatic rings. The predicted molar refractivity (Wildman–Crippen MR) is 90.6 cm³/mol. The van der Waals surface area contributed by atoms with Crippen LogP contribution in [-0.2, 0) is 7.05 Å². The van der Waals surface area contributed by atoms with Gasteiger partial charge in [0.05, 0.1) is 19.8 Å². The second-order valence-electron chi connectivity index (χ2n) is 6.03. The Bertz CT molecular complexity index is 726. The lowest BCUT2D eigenvalue weighted by Gasteiger charge is -2.32. The lowest BCUT2D eigenvalue weighted by Crippen LogP contribution is -2.39. The Kier molecular flexibility index (Phi) is 4.74. The summed E-state index contributed by atoms with van der Waals surface area (Å²) in [6, 6.07) is 5.39. The number of methoxy groups -OCH3 is 2. The number of hydrogen-bond acceptors (Lipinski definition) is 4. The Labute approximate surface area is 142 Å². The van der Waals surface area contributed by atoms with E-state index in [1.165, 1.54) is 0 Å². The normalized spacial score (nSPS) is 17.6. The van der Waals surface area contributed by atoms with Crippen LogP contribution in [0.3, 0.4) is 0 Å². The molecule has 1 aliphatic rings. The smallest absolute Gasteiger partial charge is 0.257 e. The molecule has 0 saturated carbocycles. The van der Waals surface area contributed by atoms with E-state index in [1.807, 2.05) is 28.8 Å². The van der Waals surface area contributed by atoms with Crippen molar-refractivity contribution in [2.75, 3.05) is 27.3 Å². The lowest BCUT2D eigenvalue weighted by atomic mass is 9.96. The summed E-state index contributed by atoms with van der Waals surface area (Å²) in [5.41, 5.74) is 0.539. The van der Waals surface area contributed by atoms with Crippen molar-refractivity contribution in [2.24, 2.45) is 7.05 Å². The summed E-state index contributed by atoms with van der Waals surface area (Å²) in [4.78, 5) is 19.3. The Balaban J connectivity index is 1.84. The lowest BCUT2D eigenvalue weighted by molar-refractivity contribution is 0.0699. The Morgan fingerprint density at radius 3 is 2.79 bits per heavy atom. The number of piperidine rings is 1. The number of hydrogen-bond donors (Lipinski definition) is 0. The van der Waals surface area contributed by atoms with E-state index in [1.54, 1.807) is 32.5 Å². The number of para-hydroxylation sites is 1. The summed E-state index contributed by atoms with van der Waals surface area (Å²) < 4.78 is 12.7. The van der Waals surface area contributed by atoms with Gasteiger partial charge in [0.1, 0.15) is 5.82 Å². The molecule has 1 fully saturated rings. The van der Waals surface area contributed by atoms with Crippen LogP contribution < -0.4 is 9.47 Å². The zero-order valence-corrected chi connectivity index (χ0v) is 14.4. The standard InChI is InChI=1S/C18H23N3O3/c1-20-11-9-19-17(20)13-6-5-10-21(12-13)18(22)14-7-4-8-15(23-2)16(14)24-3/h4,7-9,11,13H,5-6,10,12H2,1-3H3. The van der Waals surface area contributed by atoms with Gasteiger partial charge in [-0.2, -0.15) is 0 Å². The maximum absolute atomic E-state index is 13.0. The molecule has 1 atom stereocenters. The Hall–Kier alpha value is -2.50. The van der Waals surface area contributed by atoms with Crippen molar-refractivity contribution in [1.82, 2.24) is 14.5 Å². The van der Waals surface area contributed by atoms with Crippen LogP contribution >= 0.6 is 0 Å². The minimum atomic E-state index is -0.0235. The average Bonchev–Trinajstić information content (AvgIpc) is 3.06. The first-order valence-electron chi connectivity index (χ1n) is 8.13. The third kappa shape index (κ3) is 2.96. The monoisotopic (exact) mass is 329 g/mol. The van der Waals surface area contributed by atoms with E-state index < -0.39 is 0 Å².